The Kier molecular flexibility index (Phi) is 9.29. The number of nitrogens with one attached hydrogen (secondary N) is 1. The highest BCUT2D eigenvalue weighted by Gasteiger charge is 2.14. The second-order valence-electron chi connectivity index (χ2n) is 9.16. The first-order chi connectivity index (χ1) is 20.1. The fourth-order valence-corrected chi connectivity index (χ4v) is 4.95. The van der Waals surface area contributed by atoms with Crippen LogP contribution in [0.4, 0.5) is 0 Å². The lowest BCUT2D eigenvalue weighted by Gasteiger charge is -2.15. The molecule has 5 rings (SSSR count). The minimum atomic E-state index is -0.371. The molecule has 0 spiro atoms. The van der Waals surface area contributed by atoms with Gasteiger partial charge in [-0.3, -0.25) is 4.79 Å². The number of carbonyl (C=O) groups is 1. The second kappa shape index (κ2) is 13.6. The minimum Gasteiger partial charge on any atom is -0.490 e. The van der Waals surface area contributed by atoms with E-state index in [0.29, 0.717) is 42.6 Å². The molecule has 5 aromatic carbocycles. The molecular formula is C34H29BrN2O4. The monoisotopic (exact) mass is 608 g/mol. The number of hydrogen-bond acceptors (Lipinski definition) is 5. The Balaban J connectivity index is 1.27. The Labute approximate surface area is 247 Å². The highest BCUT2D eigenvalue weighted by atomic mass is 79.9. The molecule has 206 valence electrons. The van der Waals surface area contributed by atoms with E-state index in [9.17, 15) is 4.79 Å². The smallest absolute Gasteiger partial charge is 0.275 e. The van der Waals surface area contributed by atoms with E-state index in [2.05, 4.69) is 50.7 Å². The lowest BCUT2D eigenvalue weighted by atomic mass is 10.1. The molecule has 0 saturated heterocycles. The molecule has 0 fully saturated rings. The number of carbonyl (C=O) groups excluding carboxylic acids is 1. The molecule has 0 aliphatic rings. The quantitative estimate of drug-likeness (QED) is 0.122. The number of hydrogen-bond donors (Lipinski definition) is 1. The maximum absolute atomic E-state index is 12.9. The fraction of sp³-hybridized carbons (Fsp3) is 0.118. The first kappa shape index (κ1) is 27.9. The lowest BCUT2D eigenvalue weighted by molar-refractivity contribution is 0.0950. The van der Waals surface area contributed by atoms with Crippen molar-refractivity contribution in [3.63, 3.8) is 0 Å². The predicted molar refractivity (Wildman–Crippen MR) is 166 cm³/mol. The standard InChI is InChI=1S/C34H29BrN2O4/c1-2-39-32-20-25(19-30(35)33(32)41-23-27-15-10-14-26-13-6-7-16-28(26)27)21-36-37-34(38)29-17-8-9-18-31(29)40-22-24-11-4-3-5-12-24/h3-21H,2,22-23H2,1H3,(H,37,38)/b36-21+. The highest BCUT2D eigenvalue weighted by molar-refractivity contribution is 9.10. The Morgan fingerprint density at radius 3 is 2.41 bits per heavy atom. The first-order valence-electron chi connectivity index (χ1n) is 13.3. The highest BCUT2D eigenvalue weighted by Crippen LogP contribution is 2.37. The van der Waals surface area contributed by atoms with Crippen molar-refractivity contribution in [2.24, 2.45) is 5.10 Å². The van der Waals surface area contributed by atoms with Gasteiger partial charge in [-0.1, -0.05) is 84.9 Å². The van der Waals surface area contributed by atoms with Crippen LogP contribution in [0.25, 0.3) is 10.8 Å². The van der Waals surface area contributed by atoms with E-state index in [4.69, 9.17) is 14.2 Å². The van der Waals surface area contributed by atoms with Gasteiger partial charge < -0.3 is 14.2 Å². The zero-order valence-electron chi connectivity index (χ0n) is 22.5. The number of rotatable bonds is 11. The van der Waals surface area contributed by atoms with Gasteiger partial charge in [-0.25, -0.2) is 5.43 Å². The molecule has 0 heterocycles. The summed E-state index contributed by atoms with van der Waals surface area (Å²) in [6, 6.07) is 35.0. The van der Waals surface area contributed by atoms with Gasteiger partial charge in [0.05, 0.1) is 22.9 Å². The molecule has 7 heteroatoms. The molecule has 0 saturated carbocycles. The Morgan fingerprint density at radius 2 is 1.56 bits per heavy atom. The van der Waals surface area contributed by atoms with E-state index in [1.54, 1.807) is 24.4 Å². The summed E-state index contributed by atoms with van der Waals surface area (Å²) in [7, 11) is 0. The molecule has 0 atom stereocenters. The Morgan fingerprint density at radius 1 is 0.805 bits per heavy atom. The van der Waals surface area contributed by atoms with Crippen molar-refractivity contribution >= 4 is 38.8 Å². The fourth-order valence-electron chi connectivity index (χ4n) is 4.37. The van der Waals surface area contributed by atoms with Crippen LogP contribution < -0.4 is 19.6 Å². The third-order valence-corrected chi connectivity index (χ3v) is 6.92. The van der Waals surface area contributed by atoms with E-state index in [1.807, 2.05) is 73.7 Å². The number of fused-ring (bicyclic) bond motifs is 1. The summed E-state index contributed by atoms with van der Waals surface area (Å²) in [5.74, 6) is 1.29. The average molecular weight is 610 g/mol. The van der Waals surface area contributed by atoms with Crippen LogP contribution in [0, 0.1) is 0 Å². The minimum absolute atomic E-state index is 0.359. The van der Waals surface area contributed by atoms with Crippen molar-refractivity contribution in [2.45, 2.75) is 20.1 Å². The molecule has 5 aromatic rings. The summed E-state index contributed by atoms with van der Waals surface area (Å²) in [4.78, 5) is 12.9. The Bertz CT molecular complexity index is 1670. The van der Waals surface area contributed by atoms with Crippen LogP contribution in [0.15, 0.2) is 119 Å². The molecule has 0 radical (unpaired) electrons. The third-order valence-electron chi connectivity index (χ3n) is 6.33. The molecule has 0 bridgehead atoms. The number of nitrogens with zero attached hydrogens (tertiary/aromatic N) is 1. The molecule has 41 heavy (non-hydrogen) atoms. The lowest BCUT2D eigenvalue weighted by Crippen LogP contribution is -2.18. The van der Waals surface area contributed by atoms with Crippen molar-refractivity contribution < 1.29 is 19.0 Å². The van der Waals surface area contributed by atoms with Crippen LogP contribution in [0.3, 0.4) is 0 Å². The van der Waals surface area contributed by atoms with Gasteiger partial charge in [0.25, 0.3) is 5.91 Å². The van der Waals surface area contributed by atoms with Crippen LogP contribution in [-0.2, 0) is 13.2 Å². The van der Waals surface area contributed by atoms with Gasteiger partial charge in [-0.05, 0) is 74.6 Å². The SMILES string of the molecule is CCOc1cc(/C=N/NC(=O)c2ccccc2OCc2ccccc2)cc(Br)c1OCc1cccc2ccccc12. The molecule has 1 amide bonds. The van der Waals surface area contributed by atoms with Gasteiger partial charge in [0.1, 0.15) is 19.0 Å². The largest absolute Gasteiger partial charge is 0.490 e. The molecule has 6 nitrogen and oxygen atoms in total. The number of benzene rings is 5. The third kappa shape index (κ3) is 7.13. The van der Waals surface area contributed by atoms with Gasteiger partial charge >= 0.3 is 0 Å². The van der Waals surface area contributed by atoms with Gasteiger partial charge in [0.2, 0.25) is 0 Å². The number of hydrazone groups is 1. The van der Waals surface area contributed by atoms with Gasteiger partial charge in [0.15, 0.2) is 11.5 Å². The van der Waals surface area contributed by atoms with Crippen molar-refractivity contribution in [1.82, 2.24) is 5.43 Å². The summed E-state index contributed by atoms with van der Waals surface area (Å²) in [6.45, 7) is 3.13. The summed E-state index contributed by atoms with van der Waals surface area (Å²) in [6.07, 6.45) is 1.56. The van der Waals surface area contributed by atoms with E-state index < -0.39 is 0 Å². The molecule has 0 aromatic heterocycles. The summed E-state index contributed by atoms with van der Waals surface area (Å²) < 4.78 is 18.8. The first-order valence-corrected chi connectivity index (χ1v) is 14.1. The molecule has 0 aliphatic heterocycles. The molecule has 0 unspecified atom stereocenters. The van der Waals surface area contributed by atoms with Crippen LogP contribution in [-0.4, -0.2) is 18.7 Å². The maximum Gasteiger partial charge on any atom is 0.275 e. The van der Waals surface area contributed by atoms with Crippen LogP contribution in [0.1, 0.15) is 34.0 Å². The van der Waals surface area contributed by atoms with E-state index >= 15 is 0 Å². The topological polar surface area (TPSA) is 69.2 Å². The van der Waals surface area contributed by atoms with Gasteiger partial charge in [0, 0.05) is 0 Å². The number of amides is 1. The van der Waals surface area contributed by atoms with E-state index in [0.717, 1.165) is 31.9 Å². The predicted octanol–water partition coefficient (Wildman–Crippen LogP) is 7.92. The van der Waals surface area contributed by atoms with E-state index in [-0.39, 0.29) is 5.91 Å². The zero-order chi connectivity index (χ0) is 28.4. The van der Waals surface area contributed by atoms with Crippen LogP contribution in [0.5, 0.6) is 17.2 Å². The van der Waals surface area contributed by atoms with Crippen molar-refractivity contribution in [3.05, 3.63) is 136 Å². The number of para-hydroxylation sites is 1. The van der Waals surface area contributed by atoms with Crippen LogP contribution in [0.2, 0.25) is 0 Å². The van der Waals surface area contributed by atoms with Gasteiger partial charge in [-0.2, -0.15) is 5.10 Å². The van der Waals surface area contributed by atoms with Crippen LogP contribution >= 0.6 is 15.9 Å². The maximum atomic E-state index is 12.9. The summed E-state index contributed by atoms with van der Waals surface area (Å²) in [5.41, 5.74) is 5.82. The summed E-state index contributed by atoms with van der Waals surface area (Å²) in [5, 5.41) is 6.49. The Hall–Kier alpha value is -4.62. The summed E-state index contributed by atoms with van der Waals surface area (Å²) >= 11 is 3.62. The van der Waals surface area contributed by atoms with Crippen molar-refractivity contribution in [1.29, 1.82) is 0 Å². The van der Waals surface area contributed by atoms with Crippen molar-refractivity contribution in [2.75, 3.05) is 6.61 Å². The second-order valence-corrected chi connectivity index (χ2v) is 10.0. The molecule has 1 N–H and O–H groups in total. The van der Waals surface area contributed by atoms with E-state index in [1.165, 1.54) is 0 Å². The number of ether oxygens (including phenoxy) is 3. The zero-order valence-corrected chi connectivity index (χ0v) is 24.1. The van der Waals surface area contributed by atoms with Crippen molar-refractivity contribution in [3.8, 4) is 17.2 Å². The molecule has 0 aliphatic carbocycles. The average Bonchev–Trinajstić information content (AvgIpc) is 3.00. The number of halogens is 1. The van der Waals surface area contributed by atoms with Gasteiger partial charge in [-0.15, -0.1) is 0 Å². The molecular weight excluding hydrogens is 580 g/mol. The normalized spacial score (nSPS) is 11.0.